The summed E-state index contributed by atoms with van der Waals surface area (Å²) in [7, 11) is 0. The van der Waals surface area contributed by atoms with E-state index < -0.39 is 0 Å². The van der Waals surface area contributed by atoms with Crippen LogP contribution in [0.3, 0.4) is 0 Å². The van der Waals surface area contributed by atoms with Crippen LogP contribution < -0.4 is 5.73 Å². The predicted octanol–water partition coefficient (Wildman–Crippen LogP) is 2.83. The van der Waals surface area contributed by atoms with Gasteiger partial charge < -0.3 is 11.1 Å². The molecule has 0 amide bonds. The number of nitrogens with one attached hydrogen (secondary N) is 1. The van der Waals surface area contributed by atoms with Gasteiger partial charge in [-0.3, -0.25) is 0 Å². The van der Waals surface area contributed by atoms with Gasteiger partial charge in [-0.1, -0.05) is 23.2 Å². The van der Waals surface area contributed by atoms with Gasteiger partial charge in [0.2, 0.25) is 0 Å². The second-order valence-electron chi connectivity index (χ2n) is 2.40. The lowest BCUT2D eigenvalue weighted by atomic mass is 10.1. The highest BCUT2D eigenvalue weighted by molar-refractivity contribution is 6.37. The van der Waals surface area contributed by atoms with Crippen molar-refractivity contribution < 1.29 is 0 Å². The van der Waals surface area contributed by atoms with Crippen LogP contribution in [0.5, 0.6) is 0 Å². The van der Waals surface area contributed by atoms with Crippen molar-refractivity contribution in [2.45, 2.75) is 0 Å². The van der Waals surface area contributed by atoms with Gasteiger partial charge in [-0.05, 0) is 30.5 Å². The van der Waals surface area contributed by atoms with Crippen LogP contribution in [0.15, 0.2) is 30.5 Å². The Morgan fingerprint density at radius 1 is 1.38 bits per heavy atom. The van der Waals surface area contributed by atoms with E-state index >= 15 is 0 Å². The van der Waals surface area contributed by atoms with Crippen molar-refractivity contribution in [3.05, 3.63) is 46.1 Å². The van der Waals surface area contributed by atoms with Crippen LogP contribution in [0.2, 0.25) is 10.0 Å². The van der Waals surface area contributed by atoms with Gasteiger partial charge in [0.05, 0.1) is 10.7 Å². The Hall–Kier alpha value is -0.990. The Kier molecular flexibility index (Phi) is 3.34. The molecule has 0 heterocycles. The lowest BCUT2D eigenvalue weighted by molar-refractivity contribution is 1.48. The third-order valence-corrected chi connectivity index (χ3v) is 2.03. The number of allylic oxidation sites excluding steroid dienone is 1. The van der Waals surface area contributed by atoms with E-state index in [1.807, 2.05) is 0 Å². The standard InChI is InChI=1S/C9H8Cl2N2/c10-6-1-2-7(8(11)5-6)9(13)3-4-12/h1-5,13H,12H2/b4-3-,13-9?. The zero-order valence-electron chi connectivity index (χ0n) is 6.72. The molecule has 2 nitrogen and oxygen atoms in total. The maximum absolute atomic E-state index is 7.55. The van der Waals surface area contributed by atoms with Gasteiger partial charge in [0.1, 0.15) is 0 Å². The molecule has 0 saturated carbocycles. The Balaban J connectivity index is 3.09. The molecule has 0 saturated heterocycles. The van der Waals surface area contributed by atoms with Gasteiger partial charge in [-0.15, -0.1) is 0 Å². The van der Waals surface area contributed by atoms with Crippen LogP contribution in [-0.2, 0) is 0 Å². The summed E-state index contributed by atoms with van der Waals surface area (Å²) < 4.78 is 0. The summed E-state index contributed by atoms with van der Waals surface area (Å²) in [4.78, 5) is 0. The van der Waals surface area contributed by atoms with Crippen LogP contribution in [0.1, 0.15) is 5.56 Å². The van der Waals surface area contributed by atoms with E-state index in [1.54, 1.807) is 18.2 Å². The normalized spacial score (nSPS) is 10.6. The minimum absolute atomic E-state index is 0.268. The fourth-order valence-electron chi connectivity index (χ4n) is 0.894. The molecule has 1 rings (SSSR count). The number of halogens is 2. The Morgan fingerprint density at radius 2 is 2.08 bits per heavy atom. The summed E-state index contributed by atoms with van der Waals surface area (Å²) >= 11 is 11.6. The van der Waals surface area contributed by atoms with E-state index in [9.17, 15) is 0 Å². The van der Waals surface area contributed by atoms with Crippen LogP contribution in [0.25, 0.3) is 0 Å². The van der Waals surface area contributed by atoms with Crippen LogP contribution in [0, 0.1) is 5.41 Å². The molecule has 0 spiro atoms. The largest absolute Gasteiger partial charge is 0.405 e. The third-order valence-electron chi connectivity index (χ3n) is 1.48. The van der Waals surface area contributed by atoms with Gasteiger partial charge >= 0.3 is 0 Å². The van der Waals surface area contributed by atoms with Crippen molar-refractivity contribution in [3.63, 3.8) is 0 Å². The molecule has 0 unspecified atom stereocenters. The molecule has 0 aliphatic rings. The first-order valence-electron chi connectivity index (χ1n) is 3.57. The molecule has 0 atom stereocenters. The zero-order valence-corrected chi connectivity index (χ0v) is 8.23. The molecule has 0 radical (unpaired) electrons. The number of benzene rings is 1. The average molecular weight is 215 g/mol. The molecule has 1 aromatic rings. The third kappa shape index (κ3) is 2.47. The SMILES string of the molecule is N=C(/C=C\N)c1ccc(Cl)cc1Cl. The Labute approximate surface area is 86.5 Å². The van der Waals surface area contributed by atoms with E-state index in [-0.39, 0.29) is 5.71 Å². The topological polar surface area (TPSA) is 49.9 Å². The van der Waals surface area contributed by atoms with Gasteiger partial charge in [-0.2, -0.15) is 0 Å². The number of hydrogen-bond acceptors (Lipinski definition) is 2. The van der Waals surface area contributed by atoms with E-state index in [4.69, 9.17) is 34.3 Å². The van der Waals surface area contributed by atoms with E-state index in [0.29, 0.717) is 15.6 Å². The molecule has 13 heavy (non-hydrogen) atoms. The van der Waals surface area contributed by atoms with Gasteiger partial charge in [-0.25, -0.2) is 0 Å². The number of rotatable bonds is 2. The van der Waals surface area contributed by atoms with E-state index in [1.165, 1.54) is 12.3 Å². The lowest BCUT2D eigenvalue weighted by Gasteiger charge is -2.01. The molecular formula is C9H8Cl2N2. The highest BCUT2D eigenvalue weighted by Crippen LogP contribution is 2.21. The van der Waals surface area contributed by atoms with Crippen molar-refractivity contribution in [2.75, 3.05) is 0 Å². The maximum atomic E-state index is 7.55. The minimum atomic E-state index is 0.268. The Bertz CT molecular complexity index is 359. The second-order valence-corrected chi connectivity index (χ2v) is 3.24. The first kappa shape index (κ1) is 10.1. The fraction of sp³-hybridized carbons (Fsp3) is 0. The van der Waals surface area contributed by atoms with Gasteiger partial charge in [0.25, 0.3) is 0 Å². The van der Waals surface area contributed by atoms with Crippen LogP contribution in [0.4, 0.5) is 0 Å². The van der Waals surface area contributed by atoms with Gasteiger partial charge in [0.15, 0.2) is 0 Å². The lowest BCUT2D eigenvalue weighted by Crippen LogP contribution is -1.96. The summed E-state index contributed by atoms with van der Waals surface area (Å²) in [6.45, 7) is 0. The highest BCUT2D eigenvalue weighted by atomic mass is 35.5. The molecular weight excluding hydrogens is 207 g/mol. The van der Waals surface area contributed by atoms with Crippen molar-refractivity contribution in [3.8, 4) is 0 Å². The summed E-state index contributed by atoms with van der Waals surface area (Å²) in [5.74, 6) is 0. The van der Waals surface area contributed by atoms with Gasteiger partial charge in [0, 0.05) is 10.6 Å². The monoisotopic (exact) mass is 214 g/mol. The first-order chi connectivity index (χ1) is 6.15. The summed E-state index contributed by atoms with van der Waals surface area (Å²) in [5.41, 5.74) is 6.04. The summed E-state index contributed by atoms with van der Waals surface area (Å²) in [5, 5.41) is 8.55. The molecule has 3 N–H and O–H groups in total. The zero-order chi connectivity index (χ0) is 9.84. The van der Waals surface area contributed by atoms with E-state index in [2.05, 4.69) is 0 Å². The fourth-order valence-corrected chi connectivity index (χ4v) is 1.40. The van der Waals surface area contributed by atoms with Crippen molar-refractivity contribution in [2.24, 2.45) is 5.73 Å². The average Bonchev–Trinajstić information content (AvgIpc) is 2.04. The molecule has 1 aromatic carbocycles. The van der Waals surface area contributed by atoms with Crippen LogP contribution >= 0.6 is 23.2 Å². The van der Waals surface area contributed by atoms with Crippen molar-refractivity contribution in [1.29, 1.82) is 5.41 Å². The maximum Gasteiger partial charge on any atom is 0.0641 e. The summed E-state index contributed by atoms with van der Waals surface area (Å²) in [6.07, 6.45) is 2.77. The first-order valence-corrected chi connectivity index (χ1v) is 4.33. The quantitative estimate of drug-likeness (QED) is 0.732. The molecule has 0 aliphatic heterocycles. The Morgan fingerprint density at radius 3 is 2.62 bits per heavy atom. The second kappa shape index (κ2) is 4.30. The molecule has 4 heteroatoms. The van der Waals surface area contributed by atoms with Crippen molar-refractivity contribution >= 4 is 28.9 Å². The smallest absolute Gasteiger partial charge is 0.0641 e. The molecule has 68 valence electrons. The van der Waals surface area contributed by atoms with E-state index in [0.717, 1.165) is 0 Å². The predicted molar refractivity (Wildman–Crippen MR) is 56.6 cm³/mol. The molecule has 0 fully saturated rings. The van der Waals surface area contributed by atoms with Crippen LogP contribution in [-0.4, -0.2) is 5.71 Å². The minimum Gasteiger partial charge on any atom is -0.405 e. The number of hydrogen-bond donors (Lipinski definition) is 2. The van der Waals surface area contributed by atoms with Crippen molar-refractivity contribution in [1.82, 2.24) is 0 Å². The molecule has 0 bridgehead atoms. The number of nitrogens with two attached hydrogens (primary N) is 1. The summed E-state index contributed by atoms with van der Waals surface area (Å²) in [6, 6.07) is 4.96. The molecule has 0 aromatic heterocycles. The highest BCUT2D eigenvalue weighted by Gasteiger charge is 2.03. The molecule has 0 aliphatic carbocycles.